The van der Waals surface area contributed by atoms with E-state index in [9.17, 15) is 0 Å². The highest BCUT2D eigenvalue weighted by atomic mass is 35.5. The quantitative estimate of drug-likeness (QED) is 0.140. The molecule has 4 nitrogen and oxygen atoms in total. The maximum Gasteiger partial charge on any atom is 0.138 e. The summed E-state index contributed by atoms with van der Waals surface area (Å²) in [7, 11) is 0. The van der Waals surface area contributed by atoms with Gasteiger partial charge in [-0.3, -0.25) is 0 Å². The Labute approximate surface area is 217 Å². The molecule has 3 rings (SSSR count). The van der Waals surface area contributed by atoms with Crippen LogP contribution in [-0.4, -0.2) is 37.0 Å². The average molecular weight is 494 g/mol. The van der Waals surface area contributed by atoms with Gasteiger partial charge in [0.2, 0.25) is 0 Å². The third-order valence-corrected chi connectivity index (χ3v) is 5.70. The number of ether oxygens (including phenoxy) is 1. The Morgan fingerprint density at radius 1 is 0.743 bits per heavy atom. The molecule has 35 heavy (non-hydrogen) atoms. The summed E-state index contributed by atoms with van der Waals surface area (Å²) >= 11 is 0. The second kappa shape index (κ2) is 16.7. The number of halogens is 1. The average Bonchev–Trinajstić information content (AvgIpc) is 2.89. The van der Waals surface area contributed by atoms with Gasteiger partial charge < -0.3 is 15.0 Å². The van der Waals surface area contributed by atoms with Crippen LogP contribution in [0.1, 0.15) is 51.5 Å². The highest BCUT2D eigenvalue weighted by Crippen LogP contribution is 2.20. The number of unbranched alkanes of at least 4 members (excludes halogenated alkanes) is 2. The molecule has 0 saturated carbocycles. The summed E-state index contributed by atoms with van der Waals surface area (Å²) in [5, 5.41) is 3.45. The molecule has 0 aromatic heterocycles. The lowest BCUT2D eigenvalue weighted by Gasteiger charge is -2.21. The molecule has 0 radical (unpaired) electrons. The second-order valence-electron chi connectivity index (χ2n) is 8.56. The number of anilines is 1. The molecule has 0 amide bonds. The van der Waals surface area contributed by atoms with Crippen LogP contribution in [0.3, 0.4) is 0 Å². The van der Waals surface area contributed by atoms with Crippen molar-refractivity contribution in [1.29, 1.82) is 0 Å². The molecule has 5 heteroatoms. The highest BCUT2D eigenvalue weighted by molar-refractivity contribution is 6.09. The predicted octanol–water partition coefficient (Wildman–Crippen LogP) is 7.97. The summed E-state index contributed by atoms with van der Waals surface area (Å²) in [6.45, 7) is 8.76. The van der Waals surface area contributed by atoms with Crippen LogP contribution in [0.25, 0.3) is 0 Å². The van der Waals surface area contributed by atoms with E-state index < -0.39 is 0 Å². The van der Waals surface area contributed by atoms with Gasteiger partial charge >= 0.3 is 0 Å². The fourth-order valence-electron chi connectivity index (χ4n) is 3.74. The SMILES string of the molecule is CCCCN(CCCC)CCCOc1ccc(N=C(Nc2ccccc2)c2ccccc2)cc1.Cl. The lowest BCUT2D eigenvalue weighted by Crippen LogP contribution is -2.28. The number of amidine groups is 1. The Hall–Kier alpha value is -2.82. The van der Waals surface area contributed by atoms with E-state index in [0.717, 1.165) is 48.1 Å². The Balaban J connectivity index is 0.00000432. The predicted molar refractivity (Wildman–Crippen MR) is 153 cm³/mol. The van der Waals surface area contributed by atoms with Gasteiger partial charge in [-0.05, 0) is 68.8 Å². The minimum atomic E-state index is 0. The topological polar surface area (TPSA) is 36.9 Å². The van der Waals surface area contributed by atoms with Crippen LogP contribution in [-0.2, 0) is 0 Å². The molecule has 188 valence electrons. The lowest BCUT2D eigenvalue weighted by atomic mass is 10.2. The number of rotatable bonds is 14. The van der Waals surface area contributed by atoms with E-state index >= 15 is 0 Å². The molecule has 1 N–H and O–H groups in total. The number of aliphatic imine (C=N–C) groups is 1. The van der Waals surface area contributed by atoms with E-state index in [2.05, 4.69) is 36.2 Å². The second-order valence-corrected chi connectivity index (χ2v) is 8.56. The van der Waals surface area contributed by atoms with E-state index in [1.807, 2.05) is 72.8 Å². The summed E-state index contributed by atoms with van der Waals surface area (Å²) in [4.78, 5) is 7.47. The van der Waals surface area contributed by atoms with Crippen molar-refractivity contribution in [2.24, 2.45) is 4.99 Å². The smallest absolute Gasteiger partial charge is 0.138 e. The molecule has 0 aliphatic carbocycles. The van der Waals surface area contributed by atoms with Crippen molar-refractivity contribution in [3.05, 3.63) is 90.5 Å². The first kappa shape index (κ1) is 28.4. The Bertz CT molecular complexity index is 954. The van der Waals surface area contributed by atoms with Crippen LogP contribution < -0.4 is 10.1 Å². The zero-order valence-electron chi connectivity index (χ0n) is 21.2. The van der Waals surface area contributed by atoms with Gasteiger partial charge in [0.1, 0.15) is 11.6 Å². The first-order valence-electron chi connectivity index (χ1n) is 12.7. The van der Waals surface area contributed by atoms with Crippen LogP contribution in [0, 0.1) is 0 Å². The third-order valence-electron chi connectivity index (χ3n) is 5.70. The molecule has 0 heterocycles. The van der Waals surface area contributed by atoms with Gasteiger partial charge in [-0.1, -0.05) is 75.2 Å². The molecule has 0 aliphatic heterocycles. The van der Waals surface area contributed by atoms with Crippen molar-refractivity contribution in [3.63, 3.8) is 0 Å². The minimum Gasteiger partial charge on any atom is -0.494 e. The van der Waals surface area contributed by atoms with E-state index in [4.69, 9.17) is 9.73 Å². The number of nitrogens with zero attached hydrogens (tertiary/aromatic N) is 2. The van der Waals surface area contributed by atoms with E-state index in [0.29, 0.717) is 0 Å². The Morgan fingerprint density at radius 2 is 1.31 bits per heavy atom. The molecular formula is C30H40ClN3O. The van der Waals surface area contributed by atoms with E-state index in [1.165, 1.54) is 38.8 Å². The van der Waals surface area contributed by atoms with Gasteiger partial charge in [-0.15, -0.1) is 12.4 Å². The van der Waals surface area contributed by atoms with Crippen molar-refractivity contribution in [2.45, 2.75) is 46.0 Å². The fourth-order valence-corrected chi connectivity index (χ4v) is 3.74. The van der Waals surface area contributed by atoms with Crippen LogP contribution in [0.4, 0.5) is 11.4 Å². The number of para-hydroxylation sites is 1. The zero-order chi connectivity index (χ0) is 23.8. The molecule has 0 bridgehead atoms. The van der Waals surface area contributed by atoms with Gasteiger partial charge in [-0.25, -0.2) is 4.99 Å². The Morgan fingerprint density at radius 3 is 1.91 bits per heavy atom. The Kier molecular flexibility index (Phi) is 13.6. The van der Waals surface area contributed by atoms with Crippen molar-refractivity contribution in [2.75, 3.05) is 31.6 Å². The van der Waals surface area contributed by atoms with Crippen LogP contribution >= 0.6 is 12.4 Å². The minimum absolute atomic E-state index is 0. The van der Waals surface area contributed by atoms with Crippen molar-refractivity contribution in [3.8, 4) is 5.75 Å². The number of benzene rings is 3. The highest BCUT2D eigenvalue weighted by Gasteiger charge is 2.06. The summed E-state index contributed by atoms with van der Waals surface area (Å²) in [6, 6.07) is 28.4. The van der Waals surface area contributed by atoms with Crippen LogP contribution in [0.5, 0.6) is 5.75 Å². The van der Waals surface area contributed by atoms with Gasteiger partial charge in [0.15, 0.2) is 0 Å². The van der Waals surface area contributed by atoms with E-state index in [-0.39, 0.29) is 12.4 Å². The fraction of sp³-hybridized carbons (Fsp3) is 0.367. The monoisotopic (exact) mass is 493 g/mol. The van der Waals surface area contributed by atoms with Gasteiger partial charge in [-0.2, -0.15) is 0 Å². The van der Waals surface area contributed by atoms with Gasteiger partial charge in [0, 0.05) is 17.8 Å². The van der Waals surface area contributed by atoms with Gasteiger partial charge in [0.05, 0.1) is 12.3 Å². The lowest BCUT2D eigenvalue weighted by molar-refractivity contribution is 0.229. The van der Waals surface area contributed by atoms with Crippen LogP contribution in [0.15, 0.2) is 89.9 Å². The van der Waals surface area contributed by atoms with E-state index in [1.54, 1.807) is 0 Å². The first-order chi connectivity index (χ1) is 16.8. The molecule has 0 spiro atoms. The standard InChI is InChI=1S/C30H39N3O.ClH/c1-3-5-22-33(23-6-4-2)24-13-25-34-29-20-18-28(19-21-29)32-30(26-14-9-7-10-15-26)31-27-16-11-8-12-17-27;/h7-12,14-21H,3-6,13,22-25H2,1-2H3,(H,31,32);1H. The molecule has 0 atom stereocenters. The summed E-state index contributed by atoms with van der Waals surface area (Å²) in [5.74, 6) is 1.71. The maximum absolute atomic E-state index is 6.01. The normalized spacial score (nSPS) is 11.2. The molecular weight excluding hydrogens is 454 g/mol. The summed E-state index contributed by atoms with van der Waals surface area (Å²) < 4.78 is 6.01. The molecule has 0 aliphatic rings. The molecule has 3 aromatic carbocycles. The molecule has 3 aromatic rings. The summed E-state index contributed by atoms with van der Waals surface area (Å²) in [6.07, 6.45) is 6.10. The van der Waals surface area contributed by atoms with Crippen molar-refractivity contribution in [1.82, 2.24) is 4.90 Å². The maximum atomic E-state index is 6.01. The number of hydrogen-bond donors (Lipinski definition) is 1. The number of hydrogen-bond acceptors (Lipinski definition) is 3. The molecule has 0 fully saturated rings. The van der Waals surface area contributed by atoms with Crippen molar-refractivity contribution < 1.29 is 4.74 Å². The first-order valence-corrected chi connectivity index (χ1v) is 12.7. The number of nitrogens with one attached hydrogen (secondary N) is 1. The summed E-state index contributed by atoms with van der Waals surface area (Å²) in [5.41, 5.74) is 2.94. The van der Waals surface area contributed by atoms with Crippen LogP contribution in [0.2, 0.25) is 0 Å². The zero-order valence-corrected chi connectivity index (χ0v) is 22.0. The van der Waals surface area contributed by atoms with Gasteiger partial charge in [0.25, 0.3) is 0 Å². The third kappa shape index (κ3) is 10.5. The van der Waals surface area contributed by atoms with Crippen molar-refractivity contribution >= 4 is 29.6 Å². The largest absolute Gasteiger partial charge is 0.494 e. The molecule has 0 unspecified atom stereocenters. The molecule has 0 saturated heterocycles.